The van der Waals surface area contributed by atoms with E-state index in [0.717, 1.165) is 12.3 Å². The fourth-order valence-corrected chi connectivity index (χ4v) is 3.21. The van der Waals surface area contributed by atoms with Gasteiger partial charge in [-0.1, -0.05) is 29.8 Å². The topological polar surface area (TPSA) is 68.5 Å². The number of amides is 1. The zero-order valence-corrected chi connectivity index (χ0v) is 16.7. The molecule has 0 aliphatic rings. The number of methoxy groups -OCH3 is 1. The Morgan fingerprint density at radius 2 is 1.90 bits per heavy atom. The molecular formula is C21H14ClF3N4O2. The van der Waals surface area contributed by atoms with Crippen LogP contribution in [0.1, 0.15) is 16.1 Å². The van der Waals surface area contributed by atoms with Gasteiger partial charge in [-0.05, 0) is 36.4 Å². The number of anilines is 1. The van der Waals surface area contributed by atoms with Crippen molar-refractivity contribution < 1.29 is 22.7 Å². The molecule has 2 aromatic carbocycles. The molecule has 0 saturated heterocycles. The van der Waals surface area contributed by atoms with Crippen molar-refractivity contribution in [2.24, 2.45) is 0 Å². The molecule has 6 nitrogen and oxygen atoms in total. The lowest BCUT2D eigenvalue weighted by atomic mass is 10.1. The van der Waals surface area contributed by atoms with Gasteiger partial charge in [0.1, 0.15) is 11.3 Å². The molecule has 0 aliphatic heterocycles. The average Bonchev–Trinajstić information content (AvgIpc) is 3.16. The number of hydrogen-bond acceptors (Lipinski definition) is 4. The number of nitrogens with zero attached hydrogens (tertiary/aromatic N) is 3. The highest BCUT2D eigenvalue weighted by Gasteiger charge is 2.36. The van der Waals surface area contributed by atoms with Crippen LogP contribution in [0.2, 0.25) is 5.02 Å². The van der Waals surface area contributed by atoms with E-state index in [1.807, 2.05) is 0 Å². The first-order chi connectivity index (χ1) is 14.8. The largest absolute Gasteiger partial charge is 0.497 e. The maximum absolute atomic E-state index is 13.7. The SMILES string of the molecule is COc1cccc(-c2cc(C(F)(F)F)n3ncc(C(=O)Nc4cccc(Cl)c4)c3n2)c1. The molecule has 0 unspecified atom stereocenters. The number of ether oxygens (including phenoxy) is 1. The Hall–Kier alpha value is -3.59. The van der Waals surface area contributed by atoms with Gasteiger partial charge in [-0.2, -0.15) is 18.3 Å². The highest BCUT2D eigenvalue weighted by atomic mass is 35.5. The van der Waals surface area contributed by atoms with E-state index in [2.05, 4.69) is 15.4 Å². The molecule has 0 aliphatic carbocycles. The molecule has 10 heteroatoms. The number of fused-ring (bicyclic) bond motifs is 1. The summed E-state index contributed by atoms with van der Waals surface area (Å²) in [5.74, 6) is -0.208. The molecule has 0 spiro atoms. The fraction of sp³-hybridized carbons (Fsp3) is 0.0952. The van der Waals surface area contributed by atoms with Crippen LogP contribution in [-0.4, -0.2) is 27.6 Å². The molecule has 2 heterocycles. The molecule has 4 aromatic rings. The van der Waals surface area contributed by atoms with Gasteiger partial charge in [0.2, 0.25) is 0 Å². The summed E-state index contributed by atoms with van der Waals surface area (Å²) < 4.78 is 46.9. The Bertz CT molecular complexity index is 1290. The van der Waals surface area contributed by atoms with Crippen LogP contribution in [0.3, 0.4) is 0 Å². The van der Waals surface area contributed by atoms with Crippen molar-refractivity contribution in [1.82, 2.24) is 14.6 Å². The van der Waals surface area contributed by atoms with Gasteiger partial charge in [0, 0.05) is 16.3 Å². The lowest BCUT2D eigenvalue weighted by molar-refractivity contribution is -0.142. The number of rotatable bonds is 4. The standard InChI is InChI=1S/C21H14ClF3N4O2/c1-31-15-7-2-4-12(8-15)17-10-18(21(23,24)25)29-19(28-17)16(11-26-29)20(30)27-14-6-3-5-13(22)9-14/h2-11H,1H3,(H,27,30). The number of halogens is 4. The molecule has 158 valence electrons. The summed E-state index contributed by atoms with van der Waals surface area (Å²) in [6, 6.07) is 13.7. The molecular weight excluding hydrogens is 433 g/mol. The number of benzene rings is 2. The first-order valence-electron chi connectivity index (χ1n) is 8.93. The maximum Gasteiger partial charge on any atom is 0.433 e. The summed E-state index contributed by atoms with van der Waals surface area (Å²) in [6.07, 6.45) is -3.67. The fourth-order valence-electron chi connectivity index (χ4n) is 3.02. The molecule has 31 heavy (non-hydrogen) atoms. The van der Waals surface area contributed by atoms with Crippen LogP contribution in [0.5, 0.6) is 5.75 Å². The predicted octanol–water partition coefficient (Wildman–Crippen LogP) is 5.33. The number of carbonyl (C=O) groups excluding carboxylic acids is 1. The Morgan fingerprint density at radius 1 is 1.13 bits per heavy atom. The number of nitrogens with one attached hydrogen (secondary N) is 1. The lowest BCUT2D eigenvalue weighted by Gasteiger charge is -2.12. The number of hydrogen-bond donors (Lipinski definition) is 1. The molecule has 4 rings (SSSR count). The van der Waals surface area contributed by atoms with Crippen molar-refractivity contribution in [3.05, 3.63) is 77.1 Å². The molecule has 0 saturated carbocycles. The monoisotopic (exact) mass is 446 g/mol. The molecule has 0 atom stereocenters. The van der Waals surface area contributed by atoms with Crippen LogP contribution < -0.4 is 10.1 Å². The molecule has 1 amide bonds. The van der Waals surface area contributed by atoms with Crippen molar-refractivity contribution in [3.8, 4) is 17.0 Å². The van der Waals surface area contributed by atoms with E-state index in [0.29, 0.717) is 26.5 Å². The molecule has 0 radical (unpaired) electrons. The van der Waals surface area contributed by atoms with Gasteiger partial charge in [-0.3, -0.25) is 4.79 Å². The number of alkyl halides is 3. The molecule has 2 aromatic heterocycles. The quantitative estimate of drug-likeness (QED) is 0.460. The zero-order valence-electron chi connectivity index (χ0n) is 15.9. The van der Waals surface area contributed by atoms with Crippen molar-refractivity contribution >= 4 is 28.8 Å². The smallest absolute Gasteiger partial charge is 0.433 e. The van der Waals surface area contributed by atoms with Gasteiger partial charge in [0.25, 0.3) is 5.91 Å². The third kappa shape index (κ3) is 4.17. The highest BCUT2D eigenvalue weighted by Crippen LogP contribution is 2.33. The minimum absolute atomic E-state index is 0.0241. The van der Waals surface area contributed by atoms with Gasteiger partial charge in [0.15, 0.2) is 11.3 Å². The minimum atomic E-state index is -4.72. The Morgan fingerprint density at radius 3 is 2.61 bits per heavy atom. The van der Waals surface area contributed by atoms with E-state index in [1.165, 1.54) is 13.2 Å². The van der Waals surface area contributed by atoms with Gasteiger partial charge >= 0.3 is 6.18 Å². The van der Waals surface area contributed by atoms with Gasteiger partial charge < -0.3 is 10.1 Å². The van der Waals surface area contributed by atoms with E-state index < -0.39 is 17.8 Å². The van der Waals surface area contributed by atoms with E-state index in [1.54, 1.807) is 42.5 Å². The average molecular weight is 447 g/mol. The second kappa shape index (κ2) is 7.92. The lowest BCUT2D eigenvalue weighted by Crippen LogP contribution is -2.15. The summed E-state index contributed by atoms with van der Waals surface area (Å²) in [5, 5.41) is 6.75. The summed E-state index contributed by atoms with van der Waals surface area (Å²) in [5.41, 5.74) is -0.595. The minimum Gasteiger partial charge on any atom is -0.497 e. The Labute approximate surface area is 179 Å². The Kier molecular flexibility index (Phi) is 5.28. The third-order valence-corrected chi connectivity index (χ3v) is 4.69. The predicted molar refractivity (Wildman–Crippen MR) is 109 cm³/mol. The second-order valence-corrected chi connectivity index (χ2v) is 6.95. The van der Waals surface area contributed by atoms with Crippen LogP contribution in [0.25, 0.3) is 16.9 Å². The summed E-state index contributed by atoms with van der Waals surface area (Å²) in [4.78, 5) is 17.1. The Balaban J connectivity index is 1.85. The highest BCUT2D eigenvalue weighted by molar-refractivity contribution is 6.31. The van der Waals surface area contributed by atoms with Crippen LogP contribution in [0, 0.1) is 0 Å². The van der Waals surface area contributed by atoms with Crippen LogP contribution in [0.15, 0.2) is 60.8 Å². The zero-order chi connectivity index (χ0) is 22.2. The van der Waals surface area contributed by atoms with Crippen molar-refractivity contribution in [2.75, 3.05) is 12.4 Å². The van der Waals surface area contributed by atoms with E-state index in [4.69, 9.17) is 16.3 Å². The van der Waals surface area contributed by atoms with Crippen LogP contribution >= 0.6 is 11.6 Å². The van der Waals surface area contributed by atoms with Crippen molar-refractivity contribution in [3.63, 3.8) is 0 Å². The summed E-state index contributed by atoms with van der Waals surface area (Å²) in [6.45, 7) is 0. The molecule has 1 N–H and O–H groups in total. The van der Waals surface area contributed by atoms with Crippen LogP contribution in [-0.2, 0) is 6.18 Å². The summed E-state index contributed by atoms with van der Waals surface area (Å²) in [7, 11) is 1.45. The van der Waals surface area contributed by atoms with E-state index >= 15 is 0 Å². The van der Waals surface area contributed by atoms with Crippen molar-refractivity contribution in [2.45, 2.75) is 6.18 Å². The van der Waals surface area contributed by atoms with Crippen molar-refractivity contribution in [1.29, 1.82) is 0 Å². The first-order valence-corrected chi connectivity index (χ1v) is 9.31. The second-order valence-electron chi connectivity index (χ2n) is 6.51. The van der Waals surface area contributed by atoms with Gasteiger partial charge in [-0.15, -0.1) is 0 Å². The van der Waals surface area contributed by atoms with Gasteiger partial charge in [0.05, 0.1) is 19.0 Å². The van der Waals surface area contributed by atoms with E-state index in [-0.39, 0.29) is 16.9 Å². The third-order valence-electron chi connectivity index (χ3n) is 4.45. The van der Waals surface area contributed by atoms with E-state index in [9.17, 15) is 18.0 Å². The summed E-state index contributed by atoms with van der Waals surface area (Å²) >= 11 is 5.92. The van der Waals surface area contributed by atoms with Gasteiger partial charge in [-0.25, -0.2) is 9.50 Å². The molecule has 0 bridgehead atoms. The maximum atomic E-state index is 13.7. The number of aromatic nitrogens is 3. The molecule has 0 fully saturated rings. The normalized spacial score (nSPS) is 11.5. The first kappa shape index (κ1) is 20.7. The van der Waals surface area contributed by atoms with Crippen LogP contribution in [0.4, 0.5) is 18.9 Å². The number of carbonyl (C=O) groups is 1.